The molecule has 2 aromatic heterocycles. The molecule has 0 aliphatic carbocycles. The molecule has 2 heterocycles. The molecule has 0 saturated carbocycles. The minimum Gasteiger partial charge on any atom is -0.309 e. The van der Waals surface area contributed by atoms with Crippen LogP contribution in [0.3, 0.4) is 0 Å². The van der Waals surface area contributed by atoms with Crippen LogP contribution in [0.1, 0.15) is 0 Å². The molecular weight excluding hydrogens is 757 g/mol. The van der Waals surface area contributed by atoms with Crippen LogP contribution < -0.4 is 4.90 Å². The normalized spacial score (nSPS) is 11.6. The Bertz CT molecular complexity index is 3600. The first-order valence-corrected chi connectivity index (χ1v) is 21.7. The Morgan fingerprint density at radius 1 is 0.328 bits per heavy atom. The monoisotopic (exact) mass is 794 g/mol. The summed E-state index contributed by atoms with van der Waals surface area (Å²) in [6.45, 7) is 0. The standard InChI is InChI=1S/C58H38N2S/c1-3-18-39(19-4-1)42-36-37-55(45-24-8-7-23-44(42)45)59(53-31-14-11-26-47(53)50-28-17-29-51-49-27-12-16-33-57(49)61-58(50)51)41-34-35-48-46-25-10-15-32-54(46)60(56(48)38-41)52-30-13-9-22-43(52)40-20-5-2-6-21-40/h1-38H. The van der Waals surface area contributed by atoms with E-state index in [1.54, 1.807) is 0 Å². The molecule has 3 heteroatoms. The van der Waals surface area contributed by atoms with E-state index in [9.17, 15) is 0 Å². The van der Waals surface area contributed by atoms with Crippen LogP contribution in [-0.2, 0) is 0 Å². The van der Waals surface area contributed by atoms with Gasteiger partial charge in [0.25, 0.3) is 0 Å². The number of hydrogen-bond donors (Lipinski definition) is 0. The SMILES string of the molecule is c1ccc(-c2ccccc2-n2c3ccccc3c3ccc(N(c4ccccc4-c4cccc5c4sc4ccccc45)c4ccc(-c5ccccc5)c5ccccc45)cc32)cc1. The zero-order valence-electron chi connectivity index (χ0n) is 33.2. The highest BCUT2D eigenvalue weighted by molar-refractivity contribution is 7.26. The summed E-state index contributed by atoms with van der Waals surface area (Å²) in [5.41, 5.74) is 14.0. The topological polar surface area (TPSA) is 8.17 Å². The van der Waals surface area contributed by atoms with Crippen molar-refractivity contribution in [3.05, 3.63) is 231 Å². The Hall–Kier alpha value is -7.72. The zero-order valence-corrected chi connectivity index (χ0v) is 34.1. The van der Waals surface area contributed by atoms with Crippen molar-refractivity contribution in [3.8, 4) is 39.1 Å². The molecule has 0 amide bonds. The fraction of sp³-hybridized carbons (Fsp3) is 0. The molecule has 61 heavy (non-hydrogen) atoms. The van der Waals surface area contributed by atoms with Gasteiger partial charge >= 0.3 is 0 Å². The zero-order chi connectivity index (χ0) is 40.3. The van der Waals surface area contributed by atoms with Crippen LogP contribution in [0, 0.1) is 0 Å². The molecule has 0 unspecified atom stereocenters. The van der Waals surface area contributed by atoms with Crippen molar-refractivity contribution in [2.45, 2.75) is 0 Å². The maximum absolute atomic E-state index is 2.50. The van der Waals surface area contributed by atoms with Gasteiger partial charge in [-0.1, -0.05) is 188 Å². The van der Waals surface area contributed by atoms with Crippen LogP contribution in [0.2, 0.25) is 0 Å². The Morgan fingerprint density at radius 3 is 1.74 bits per heavy atom. The summed E-state index contributed by atoms with van der Waals surface area (Å²) in [4.78, 5) is 2.50. The molecule has 0 aliphatic rings. The lowest BCUT2D eigenvalue weighted by Crippen LogP contribution is -2.12. The van der Waals surface area contributed by atoms with Crippen molar-refractivity contribution in [3.63, 3.8) is 0 Å². The lowest BCUT2D eigenvalue weighted by molar-refractivity contribution is 1.18. The molecule has 0 fully saturated rings. The number of fused-ring (bicyclic) bond motifs is 7. The Kier molecular flexibility index (Phi) is 8.39. The minimum absolute atomic E-state index is 1.09. The first-order chi connectivity index (χ1) is 30.3. The molecule has 0 atom stereocenters. The van der Waals surface area contributed by atoms with Crippen molar-refractivity contribution in [1.82, 2.24) is 4.57 Å². The van der Waals surface area contributed by atoms with E-state index in [2.05, 4.69) is 240 Å². The molecular formula is C58H38N2S. The molecule has 0 saturated heterocycles. The van der Waals surface area contributed by atoms with E-state index in [0.29, 0.717) is 0 Å². The van der Waals surface area contributed by atoms with Gasteiger partial charge in [0, 0.05) is 58.7 Å². The van der Waals surface area contributed by atoms with E-state index in [1.165, 1.54) is 80.6 Å². The van der Waals surface area contributed by atoms with E-state index in [-0.39, 0.29) is 0 Å². The largest absolute Gasteiger partial charge is 0.309 e. The summed E-state index contributed by atoms with van der Waals surface area (Å²) in [6, 6.07) is 84.2. The lowest BCUT2D eigenvalue weighted by Gasteiger charge is -2.30. The van der Waals surface area contributed by atoms with Crippen molar-refractivity contribution in [2.75, 3.05) is 4.90 Å². The van der Waals surface area contributed by atoms with Gasteiger partial charge in [-0.3, -0.25) is 0 Å². The molecule has 0 N–H and O–H groups in total. The van der Waals surface area contributed by atoms with Crippen LogP contribution in [0.15, 0.2) is 231 Å². The summed E-state index contributed by atoms with van der Waals surface area (Å²) < 4.78 is 5.07. The van der Waals surface area contributed by atoms with Crippen molar-refractivity contribution < 1.29 is 0 Å². The van der Waals surface area contributed by atoms with Gasteiger partial charge in [0.15, 0.2) is 0 Å². The maximum atomic E-state index is 2.50. The first kappa shape index (κ1) is 35.2. The van der Waals surface area contributed by atoms with Gasteiger partial charge in [-0.05, 0) is 64.5 Å². The molecule has 286 valence electrons. The number of hydrogen-bond acceptors (Lipinski definition) is 2. The highest BCUT2D eigenvalue weighted by atomic mass is 32.1. The highest BCUT2D eigenvalue weighted by Gasteiger charge is 2.24. The van der Waals surface area contributed by atoms with Gasteiger partial charge in [-0.25, -0.2) is 0 Å². The second-order valence-corrected chi connectivity index (χ2v) is 16.7. The number of rotatable bonds is 7. The predicted molar refractivity (Wildman–Crippen MR) is 262 cm³/mol. The van der Waals surface area contributed by atoms with Gasteiger partial charge in [-0.15, -0.1) is 11.3 Å². The van der Waals surface area contributed by atoms with Crippen LogP contribution in [0.5, 0.6) is 0 Å². The predicted octanol–water partition coefficient (Wildman–Crippen LogP) is 16.8. The van der Waals surface area contributed by atoms with E-state index in [4.69, 9.17) is 0 Å². The summed E-state index contributed by atoms with van der Waals surface area (Å²) in [5, 5.41) is 7.44. The second kappa shape index (κ2) is 14.5. The van der Waals surface area contributed by atoms with Gasteiger partial charge in [0.05, 0.1) is 28.1 Å². The van der Waals surface area contributed by atoms with E-state index in [1.807, 2.05) is 11.3 Å². The Labute approximate surface area is 358 Å². The minimum atomic E-state index is 1.09. The van der Waals surface area contributed by atoms with Crippen molar-refractivity contribution in [2.24, 2.45) is 0 Å². The van der Waals surface area contributed by atoms with Crippen LogP contribution >= 0.6 is 11.3 Å². The smallest absolute Gasteiger partial charge is 0.0562 e. The van der Waals surface area contributed by atoms with Crippen molar-refractivity contribution >= 4 is 81.1 Å². The first-order valence-electron chi connectivity index (χ1n) is 20.9. The third kappa shape index (κ3) is 5.78. The Morgan fingerprint density at radius 2 is 0.918 bits per heavy atom. The number of aromatic nitrogens is 1. The maximum Gasteiger partial charge on any atom is 0.0562 e. The Balaban J connectivity index is 1.16. The summed E-state index contributed by atoms with van der Waals surface area (Å²) in [6.07, 6.45) is 0. The van der Waals surface area contributed by atoms with Crippen molar-refractivity contribution in [1.29, 1.82) is 0 Å². The molecule has 10 aromatic carbocycles. The third-order valence-corrected chi connectivity index (χ3v) is 13.4. The fourth-order valence-corrected chi connectivity index (χ4v) is 10.7. The number of nitrogens with zero attached hydrogens (tertiary/aromatic N) is 2. The number of benzene rings is 10. The highest BCUT2D eigenvalue weighted by Crippen LogP contribution is 2.49. The fourth-order valence-electron chi connectivity index (χ4n) is 9.50. The van der Waals surface area contributed by atoms with Gasteiger partial charge in [-0.2, -0.15) is 0 Å². The van der Waals surface area contributed by atoms with E-state index in [0.717, 1.165) is 28.3 Å². The summed E-state index contributed by atoms with van der Waals surface area (Å²) >= 11 is 1.88. The number of anilines is 3. The van der Waals surface area contributed by atoms with E-state index >= 15 is 0 Å². The quantitative estimate of drug-likeness (QED) is 0.156. The summed E-state index contributed by atoms with van der Waals surface area (Å²) in [5.74, 6) is 0. The second-order valence-electron chi connectivity index (χ2n) is 15.6. The number of para-hydroxylation sites is 3. The lowest BCUT2D eigenvalue weighted by atomic mass is 9.95. The number of thiophene rings is 1. The average molecular weight is 795 g/mol. The molecule has 0 radical (unpaired) electrons. The average Bonchev–Trinajstić information content (AvgIpc) is 3.88. The third-order valence-electron chi connectivity index (χ3n) is 12.2. The van der Waals surface area contributed by atoms with Gasteiger partial charge in [0.1, 0.15) is 0 Å². The molecule has 2 nitrogen and oxygen atoms in total. The molecule has 12 aromatic rings. The van der Waals surface area contributed by atoms with E-state index < -0.39 is 0 Å². The van der Waals surface area contributed by atoms with Crippen LogP contribution in [0.25, 0.3) is 91.8 Å². The molecule has 0 spiro atoms. The van der Waals surface area contributed by atoms with Gasteiger partial charge < -0.3 is 9.47 Å². The molecule has 12 rings (SSSR count). The van der Waals surface area contributed by atoms with Crippen LogP contribution in [-0.4, -0.2) is 4.57 Å². The summed E-state index contributed by atoms with van der Waals surface area (Å²) in [7, 11) is 0. The van der Waals surface area contributed by atoms with Crippen LogP contribution in [0.4, 0.5) is 17.1 Å². The molecule has 0 bridgehead atoms. The van der Waals surface area contributed by atoms with Gasteiger partial charge in [0.2, 0.25) is 0 Å². The molecule has 0 aliphatic heterocycles.